The van der Waals surface area contributed by atoms with Gasteiger partial charge >= 0.3 is 5.97 Å². The Kier molecular flexibility index (Phi) is 10.3. The van der Waals surface area contributed by atoms with Gasteiger partial charge in [0.25, 0.3) is 0 Å². The zero-order valence-electron chi connectivity index (χ0n) is 26.4. The molecule has 1 unspecified atom stereocenters. The molecule has 0 amide bonds. The zero-order chi connectivity index (χ0) is 32.0. The highest BCUT2D eigenvalue weighted by molar-refractivity contribution is 5.97. The minimum absolute atomic E-state index is 0.0782. The molecule has 5 rings (SSSR count). The number of nitrogens with zero attached hydrogens (tertiary/aromatic N) is 2. The fraction of sp³-hybridized carbons (Fsp3) is 0.429. The minimum atomic E-state index is -0.822. The molecule has 0 spiro atoms. The van der Waals surface area contributed by atoms with E-state index in [9.17, 15) is 9.90 Å². The third kappa shape index (κ3) is 8.33. The number of carbonyl (C=O) groups is 1. The van der Waals surface area contributed by atoms with Crippen molar-refractivity contribution in [3.63, 3.8) is 0 Å². The number of phenols is 1. The van der Waals surface area contributed by atoms with E-state index in [1.807, 2.05) is 81.0 Å². The Morgan fingerprint density at radius 3 is 2.62 bits per heavy atom. The number of aromatic nitrogens is 2. The van der Waals surface area contributed by atoms with Gasteiger partial charge < -0.3 is 38.1 Å². The van der Waals surface area contributed by atoms with Gasteiger partial charge in [-0.15, -0.1) is 0 Å². The number of rotatable bonds is 8. The number of cyclic esters (lactones) is 1. The first kappa shape index (κ1) is 32.3. The third-order valence-corrected chi connectivity index (χ3v) is 7.95. The van der Waals surface area contributed by atoms with E-state index in [0.717, 1.165) is 11.3 Å². The van der Waals surface area contributed by atoms with E-state index < -0.39 is 30.1 Å². The van der Waals surface area contributed by atoms with Crippen molar-refractivity contribution >= 4 is 12.0 Å². The highest BCUT2D eigenvalue weighted by atomic mass is 16.8. The molecule has 3 aromatic rings. The van der Waals surface area contributed by atoms with Crippen molar-refractivity contribution in [2.75, 3.05) is 13.7 Å². The molecule has 2 aliphatic heterocycles. The van der Waals surface area contributed by atoms with Crippen molar-refractivity contribution in [1.29, 1.82) is 0 Å². The quantitative estimate of drug-likeness (QED) is 0.242. The Labute approximate surface area is 264 Å². The predicted molar refractivity (Wildman–Crippen MR) is 168 cm³/mol. The molecule has 1 fully saturated rings. The van der Waals surface area contributed by atoms with E-state index in [1.54, 1.807) is 31.8 Å². The van der Waals surface area contributed by atoms with Crippen LogP contribution in [0, 0.1) is 5.92 Å². The van der Waals surface area contributed by atoms with Crippen LogP contribution in [0.4, 0.5) is 0 Å². The van der Waals surface area contributed by atoms with Gasteiger partial charge in [0.1, 0.15) is 47.7 Å². The summed E-state index contributed by atoms with van der Waals surface area (Å²) in [5.74, 6) is -0.608. The number of ether oxygens (including phenoxy) is 6. The molecule has 0 aliphatic carbocycles. The van der Waals surface area contributed by atoms with E-state index in [2.05, 4.69) is 4.98 Å². The Morgan fingerprint density at radius 1 is 1.09 bits per heavy atom. The fourth-order valence-electron chi connectivity index (χ4n) is 5.35. The summed E-state index contributed by atoms with van der Waals surface area (Å²) in [6, 6.07) is 10.9. The monoisotopic (exact) mass is 618 g/mol. The van der Waals surface area contributed by atoms with Crippen LogP contribution in [0.25, 0.3) is 6.08 Å². The summed E-state index contributed by atoms with van der Waals surface area (Å²) in [6.45, 7) is 8.86. The number of carbonyl (C=O) groups excluding carboxylic acids is 1. The molecule has 1 N–H and O–H groups in total. The summed E-state index contributed by atoms with van der Waals surface area (Å²) >= 11 is 0. The lowest BCUT2D eigenvalue weighted by molar-refractivity contribution is -0.156. The summed E-state index contributed by atoms with van der Waals surface area (Å²) in [5, 5.41) is 11.0. The number of methoxy groups -OCH3 is 1. The molecule has 1 saturated heterocycles. The van der Waals surface area contributed by atoms with E-state index in [-0.39, 0.29) is 23.3 Å². The van der Waals surface area contributed by atoms with Gasteiger partial charge in [0.2, 0.25) is 0 Å². The first-order valence-electron chi connectivity index (χ1n) is 15.2. The molecule has 2 aliphatic rings. The number of fused-ring (bicyclic) bond motifs is 2. The Morgan fingerprint density at radius 2 is 1.89 bits per heavy atom. The van der Waals surface area contributed by atoms with Gasteiger partial charge in [0, 0.05) is 24.4 Å². The Bertz CT molecular complexity index is 1480. The molecular formula is C35H42N2O8. The number of phenolic OH excluding ortho intramolecular Hbond substituents is 1. The molecular weight excluding hydrogens is 576 g/mol. The maximum absolute atomic E-state index is 13.4. The maximum Gasteiger partial charge on any atom is 0.342 e. The van der Waals surface area contributed by atoms with Crippen molar-refractivity contribution < 1.29 is 38.3 Å². The van der Waals surface area contributed by atoms with Gasteiger partial charge in [-0.25, -0.2) is 9.78 Å². The van der Waals surface area contributed by atoms with Gasteiger partial charge in [-0.1, -0.05) is 43.4 Å². The summed E-state index contributed by atoms with van der Waals surface area (Å²) in [6.07, 6.45) is 11.7. The highest BCUT2D eigenvalue weighted by Crippen LogP contribution is 2.35. The lowest BCUT2D eigenvalue weighted by Gasteiger charge is -2.26. The second-order valence-electron chi connectivity index (χ2n) is 11.8. The second-order valence-corrected chi connectivity index (χ2v) is 11.8. The predicted octanol–water partition coefficient (Wildman–Crippen LogP) is 5.94. The van der Waals surface area contributed by atoms with Gasteiger partial charge in [-0.3, -0.25) is 0 Å². The van der Waals surface area contributed by atoms with Crippen molar-refractivity contribution in [2.45, 2.75) is 77.5 Å². The van der Waals surface area contributed by atoms with Crippen molar-refractivity contribution in [1.82, 2.24) is 9.55 Å². The van der Waals surface area contributed by atoms with Gasteiger partial charge in [0.05, 0.1) is 32.7 Å². The molecule has 10 heteroatoms. The highest BCUT2D eigenvalue weighted by Gasteiger charge is 2.44. The SMILES string of the molecule is COc1ccc(COC2/C=C\[C@@H](C)[C@H](C)OC(=O)c3c(O)cc(OCCn4ccnc4)cc3/C=C/C[C@@H]3OC(C)(C)O[C@H]23)cc1. The van der Waals surface area contributed by atoms with Crippen LogP contribution in [-0.4, -0.2) is 64.5 Å². The molecule has 45 heavy (non-hydrogen) atoms. The average Bonchev–Trinajstić information content (AvgIpc) is 3.63. The minimum Gasteiger partial charge on any atom is -0.507 e. The first-order valence-corrected chi connectivity index (χ1v) is 15.2. The van der Waals surface area contributed by atoms with Crippen molar-refractivity contribution in [2.24, 2.45) is 5.92 Å². The fourth-order valence-corrected chi connectivity index (χ4v) is 5.35. The normalized spacial score (nSPS) is 26.2. The van der Waals surface area contributed by atoms with Crippen LogP contribution in [-0.2, 0) is 32.1 Å². The standard InChI is InChI=1S/C35H42N2O8/c1-23-9-14-30(42-21-25-10-12-27(40-5)13-11-25)33-31(44-35(3,4)45-33)8-6-7-26-19-28(41-18-17-37-16-15-36-22-37)20-29(38)32(26)34(39)43-24(23)2/h6-7,9-16,19-20,22-24,30-31,33,38H,8,17-18,21H2,1-5H3/b7-6+,14-9-/t23-,24+,30?,31+,33-/m1/s1. The maximum atomic E-state index is 13.4. The van der Waals surface area contributed by atoms with Crippen LogP contribution in [0.2, 0.25) is 0 Å². The van der Waals surface area contributed by atoms with E-state index in [0.29, 0.717) is 37.5 Å². The summed E-state index contributed by atoms with van der Waals surface area (Å²) in [4.78, 5) is 17.4. The van der Waals surface area contributed by atoms with E-state index in [1.165, 1.54) is 6.07 Å². The number of hydrogen-bond donors (Lipinski definition) is 1. The first-order chi connectivity index (χ1) is 21.6. The van der Waals surface area contributed by atoms with Crippen LogP contribution in [0.15, 0.2) is 73.3 Å². The van der Waals surface area contributed by atoms with Crippen molar-refractivity contribution in [3.8, 4) is 17.2 Å². The zero-order valence-corrected chi connectivity index (χ0v) is 26.4. The molecule has 0 saturated carbocycles. The van der Waals surface area contributed by atoms with Crippen LogP contribution >= 0.6 is 0 Å². The third-order valence-electron chi connectivity index (χ3n) is 7.95. The molecule has 0 radical (unpaired) electrons. The van der Waals surface area contributed by atoms with E-state index >= 15 is 0 Å². The molecule has 10 nitrogen and oxygen atoms in total. The molecule has 240 valence electrons. The Hall–Kier alpha value is -4.12. The van der Waals surface area contributed by atoms with Crippen LogP contribution in [0.1, 0.15) is 55.6 Å². The number of imidazole rings is 1. The topological polar surface area (TPSA) is 111 Å². The number of esters is 1. The molecule has 2 aromatic carbocycles. The molecule has 0 bridgehead atoms. The van der Waals surface area contributed by atoms with Crippen molar-refractivity contribution in [3.05, 3.63) is 90.0 Å². The van der Waals surface area contributed by atoms with Crippen LogP contribution < -0.4 is 9.47 Å². The number of benzene rings is 2. The van der Waals surface area contributed by atoms with E-state index in [4.69, 9.17) is 28.4 Å². The largest absolute Gasteiger partial charge is 0.507 e. The second kappa shape index (κ2) is 14.3. The number of aromatic hydroxyl groups is 1. The lowest BCUT2D eigenvalue weighted by atomic mass is 9.98. The summed E-state index contributed by atoms with van der Waals surface area (Å²) in [5.41, 5.74) is 1.55. The molecule has 3 heterocycles. The Balaban J connectivity index is 1.41. The van der Waals surface area contributed by atoms with Gasteiger partial charge in [-0.2, -0.15) is 0 Å². The summed E-state index contributed by atoms with van der Waals surface area (Å²) < 4.78 is 38.1. The number of hydrogen-bond acceptors (Lipinski definition) is 9. The summed E-state index contributed by atoms with van der Waals surface area (Å²) in [7, 11) is 1.64. The molecule has 1 aromatic heterocycles. The van der Waals surface area contributed by atoms with Gasteiger partial charge in [-0.05, 0) is 56.5 Å². The average molecular weight is 619 g/mol. The molecule has 5 atom stereocenters. The van der Waals surface area contributed by atoms with Crippen LogP contribution in [0.3, 0.4) is 0 Å². The smallest absolute Gasteiger partial charge is 0.342 e. The lowest BCUT2D eigenvalue weighted by Crippen LogP contribution is -2.36. The van der Waals surface area contributed by atoms with Gasteiger partial charge in [0.15, 0.2) is 5.79 Å². The van der Waals surface area contributed by atoms with Crippen LogP contribution in [0.5, 0.6) is 17.2 Å².